The second-order valence-electron chi connectivity index (χ2n) is 7.53. The van der Waals surface area contributed by atoms with Crippen LogP contribution in [0.3, 0.4) is 0 Å². The van der Waals surface area contributed by atoms with Gasteiger partial charge in [-0.2, -0.15) is 0 Å². The molecule has 1 aliphatic rings. The van der Waals surface area contributed by atoms with E-state index in [-0.39, 0.29) is 12.1 Å². The predicted molar refractivity (Wildman–Crippen MR) is 95.2 cm³/mol. The van der Waals surface area contributed by atoms with Crippen LogP contribution in [0.5, 0.6) is 5.75 Å². The van der Waals surface area contributed by atoms with Crippen molar-refractivity contribution < 1.29 is 14.3 Å². The van der Waals surface area contributed by atoms with Crippen LogP contribution >= 0.6 is 0 Å². The van der Waals surface area contributed by atoms with Crippen LogP contribution in [0.2, 0.25) is 0 Å². The molecule has 2 unspecified atom stereocenters. The van der Waals surface area contributed by atoms with Crippen LogP contribution in [0.1, 0.15) is 39.2 Å². The van der Waals surface area contributed by atoms with Crippen molar-refractivity contribution in [1.29, 1.82) is 0 Å². The lowest BCUT2D eigenvalue weighted by atomic mass is 9.94. The molecule has 1 aromatic rings. The van der Waals surface area contributed by atoms with Crippen LogP contribution in [0.4, 0.5) is 4.79 Å². The molecule has 5 heteroatoms. The molecule has 134 valence electrons. The molecule has 0 aromatic heterocycles. The Hall–Kier alpha value is -1.75. The molecular formula is C19H30N2O3. The highest BCUT2D eigenvalue weighted by Gasteiger charge is 2.32. The van der Waals surface area contributed by atoms with Crippen molar-refractivity contribution in [3.8, 4) is 5.75 Å². The second kappa shape index (κ2) is 7.88. The highest BCUT2D eigenvalue weighted by atomic mass is 16.6. The van der Waals surface area contributed by atoms with Crippen molar-refractivity contribution in [1.82, 2.24) is 4.90 Å². The quantitative estimate of drug-likeness (QED) is 0.898. The predicted octanol–water partition coefficient (Wildman–Crippen LogP) is 3.21. The number of carbonyl (C=O) groups is 1. The molecule has 0 bridgehead atoms. The van der Waals surface area contributed by atoms with Crippen LogP contribution in [-0.4, -0.2) is 42.8 Å². The average Bonchev–Trinajstić information content (AvgIpc) is 3.01. The summed E-state index contributed by atoms with van der Waals surface area (Å²) in [5, 5.41) is 0. The molecule has 0 radical (unpaired) electrons. The first kappa shape index (κ1) is 18.6. The third kappa shape index (κ3) is 5.41. The third-order valence-corrected chi connectivity index (χ3v) is 4.41. The molecule has 0 aliphatic carbocycles. The minimum absolute atomic E-state index is 0.0968. The summed E-state index contributed by atoms with van der Waals surface area (Å²) in [7, 11) is 1.67. The van der Waals surface area contributed by atoms with E-state index in [4.69, 9.17) is 15.2 Å². The molecule has 24 heavy (non-hydrogen) atoms. The van der Waals surface area contributed by atoms with Crippen LogP contribution in [0.25, 0.3) is 0 Å². The zero-order chi connectivity index (χ0) is 17.7. The summed E-state index contributed by atoms with van der Waals surface area (Å²) >= 11 is 0. The van der Waals surface area contributed by atoms with Crippen LogP contribution in [0.15, 0.2) is 24.3 Å². The lowest BCUT2D eigenvalue weighted by Crippen LogP contribution is -2.37. The van der Waals surface area contributed by atoms with E-state index in [2.05, 4.69) is 12.1 Å². The number of aryl methyl sites for hydroxylation is 1. The molecule has 1 aromatic carbocycles. The first-order valence-corrected chi connectivity index (χ1v) is 8.65. The van der Waals surface area contributed by atoms with E-state index in [1.165, 1.54) is 5.56 Å². The fourth-order valence-electron chi connectivity index (χ4n) is 2.99. The SMILES string of the molecule is COc1ccc(CCC(N)C2CCN(C(=O)OC(C)(C)C)C2)cc1. The number of rotatable bonds is 5. The maximum Gasteiger partial charge on any atom is 0.410 e. The number of benzene rings is 1. The van der Waals surface area contributed by atoms with E-state index in [1.54, 1.807) is 12.0 Å². The van der Waals surface area contributed by atoms with Gasteiger partial charge in [0.05, 0.1) is 7.11 Å². The number of amides is 1. The van der Waals surface area contributed by atoms with Gasteiger partial charge in [0.1, 0.15) is 11.4 Å². The Balaban J connectivity index is 1.79. The number of hydrogen-bond acceptors (Lipinski definition) is 4. The molecular weight excluding hydrogens is 304 g/mol. The largest absolute Gasteiger partial charge is 0.497 e. The normalized spacial score (nSPS) is 19.2. The fraction of sp³-hybridized carbons (Fsp3) is 0.632. The van der Waals surface area contributed by atoms with Crippen molar-refractivity contribution in [2.45, 2.75) is 51.7 Å². The van der Waals surface area contributed by atoms with E-state index < -0.39 is 5.60 Å². The molecule has 2 N–H and O–H groups in total. The number of methoxy groups -OCH3 is 1. The number of nitrogens with zero attached hydrogens (tertiary/aromatic N) is 1. The molecule has 2 rings (SSSR count). The molecule has 1 aliphatic heterocycles. The Labute approximate surface area is 145 Å². The Morgan fingerprint density at radius 3 is 2.58 bits per heavy atom. The van der Waals surface area contributed by atoms with Crippen LogP contribution in [0, 0.1) is 5.92 Å². The van der Waals surface area contributed by atoms with Crippen molar-refractivity contribution in [3.05, 3.63) is 29.8 Å². The van der Waals surface area contributed by atoms with Gasteiger partial charge in [-0.1, -0.05) is 12.1 Å². The summed E-state index contributed by atoms with van der Waals surface area (Å²) in [5.74, 6) is 1.21. The number of nitrogens with two attached hydrogens (primary N) is 1. The molecule has 1 fully saturated rings. The van der Waals surface area contributed by atoms with Gasteiger partial charge >= 0.3 is 6.09 Å². The molecule has 5 nitrogen and oxygen atoms in total. The summed E-state index contributed by atoms with van der Waals surface area (Å²) in [6.45, 7) is 7.09. The van der Waals surface area contributed by atoms with Gasteiger partial charge in [0.25, 0.3) is 0 Å². The maximum atomic E-state index is 12.1. The average molecular weight is 334 g/mol. The van der Waals surface area contributed by atoms with E-state index >= 15 is 0 Å². The zero-order valence-corrected chi connectivity index (χ0v) is 15.2. The Morgan fingerprint density at radius 1 is 1.33 bits per heavy atom. The summed E-state index contributed by atoms with van der Waals surface area (Å²) < 4.78 is 10.6. The topological polar surface area (TPSA) is 64.8 Å². The third-order valence-electron chi connectivity index (χ3n) is 4.41. The van der Waals surface area contributed by atoms with Gasteiger partial charge in [0.15, 0.2) is 0 Å². The second-order valence-corrected chi connectivity index (χ2v) is 7.53. The van der Waals surface area contributed by atoms with Crippen molar-refractivity contribution in [2.75, 3.05) is 20.2 Å². The summed E-state index contributed by atoms with van der Waals surface area (Å²) in [6, 6.07) is 8.20. The van der Waals surface area contributed by atoms with Crippen LogP contribution < -0.4 is 10.5 Å². The standard InChI is InChI=1S/C19H30N2O3/c1-19(2,3)24-18(22)21-12-11-15(13-21)17(20)10-7-14-5-8-16(23-4)9-6-14/h5-6,8-9,15,17H,7,10-13,20H2,1-4H3. The van der Waals surface area contributed by atoms with Gasteiger partial charge in [-0.25, -0.2) is 4.79 Å². The minimum atomic E-state index is -0.453. The lowest BCUT2D eigenvalue weighted by molar-refractivity contribution is 0.0286. The highest BCUT2D eigenvalue weighted by molar-refractivity contribution is 5.68. The molecule has 1 amide bonds. The van der Waals surface area contributed by atoms with Gasteiger partial charge in [-0.05, 0) is 63.6 Å². The number of hydrogen-bond donors (Lipinski definition) is 1. The van der Waals surface area contributed by atoms with Crippen molar-refractivity contribution in [3.63, 3.8) is 0 Å². The molecule has 0 saturated carbocycles. The van der Waals surface area contributed by atoms with Gasteiger partial charge in [0, 0.05) is 19.1 Å². The van der Waals surface area contributed by atoms with E-state index in [9.17, 15) is 4.79 Å². The first-order valence-electron chi connectivity index (χ1n) is 8.65. The van der Waals surface area contributed by atoms with Gasteiger partial charge < -0.3 is 20.1 Å². The maximum absolute atomic E-state index is 12.1. The molecule has 2 atom stereocenters. The van der Waals surface area contributed by atoms with E-state index in [0.717, 1.165) is 31.6 Å². The van der Waals surface area contributed by atoms with Gasteiger partial charge in [-0.15, -0.1) is 0 Å². The van der Waals surface area contributed by atoms with E-state index in [0.29, 0.717) is 12.5 Å². The van der Waals surface area contributed by atoms with Crippen molar-refractivity contribution >= 4 is 6.09 Å². The van der Waals surface area contributed by atoms with Gasteiger partial charge in [-0.3, -0.25) is 0 Å². The Morgan fingerprint density at radius 2 is 2.00 bits per heavy atom. The molecule has 0 spiro atoms. The number of ether oxygens (including phenoxy) is 2. The number of carbonyl (C=O) groups excluding carboxylic acids is 1. The minimum Gasteiger partial charge on any atom is -0.497 e. The van der Waals surface area contributed by atoms with Crippen molar-refractivity contribution in [2.24, 2.45) is 11.7 Å². The molecule has 1 saturated heterocycles. The van der Waals surface area contributed by atoms with Gasteiger partial charge in [0.2, 0.25) is 0 Å². The summed E-state index contributed by atoms with van der Waals surface area (Å²) in [4.78, 5) is 13.9. The molecule has 1 heterocycles. The zero-order valence-electron chi connectivity index (χ0n) is 15.2. The highest BCUT2D eigenvalue weighted by Crippen LogP contribution is 2.23. The number of likely N-dealkylation sites (tertiary alicyclic amines) is 1. The fourth-order valence-corrected chi connectivity index (χ4v) is 2.99. The first-order chi connectivity index (χ1) is 11.3. The van der Waals surface area contributed by atoms with Crippen LogP contribution in [-0.2, 0) is 11.2 Å². The smallest absolute Gasteiger partial charge is 0.410 e. The summed E-state index contributed by atoms with van der Waals surface area (Å²) in [5.41, 5.74) is 7.17. The monoisotopic (exact) mass is 334 g/mol. The Bertz CT molecular complexity index is 537. The van der Waals surface area contributed by atoms with E-state index in [1.807, 2.05) is 32.9 Å². The summed E-state index contributed by atoms with van der Waals surface area (Å²) in [6.07, 6.45) is 2.57. The Kier molecular flexibility index (Phi) is 6.10. The lowest BCUT2D eigenvalue weighted by Gasteiger charge is -2.25.